The average Bonchev–Trinajstić information content (AvgIpc) is 3.35. The number of nitrogens with zero attached hydrogens (tertiary/aromatic N) is 3. The van der Waals surface area contributed by atoms with Crippen LogP contribution in [0.25, 0.3) is 0 Å². The lowest BCUT2D eigenvalue weighted by atomic mass is 9.53. The number of aromatic nitrogens is 3. The summed E-state index contributed by atoms with van der Waals surface area (Å²) in [5, 5.41) is 0. The van der Waals surface area contributed by atoms with Crippen LogP contribution in [0.15, 0.2) is 51.1 Å². The molecule has 7 heteroatoms. The molecule has 156 valence electrons. The lowest BCUT2D eigenvalue weighted by Gasteiger charge is -2.60. The largest absolute Gasteiger partial charge is 0.373 e. The van der Waals surface area contributed by atoms with E-state index >= 15 is 0 Å². The molecule has 5 aliphatic rings. The summed E-state index contributed by atoms with van der Waals surface area (Å²) in [5.74, 6) is 0.156. The highest BCUT2D eigenvalue weighted by Crippen LogP contribution is 2.70. The topological polar surface area (TPSA) is 75.2 Å². The third-order valence-corrected chi connectivity index (χ3v) is 8.30. The van der Waals surface area contributed by atoms with E-state index in [0.29, 0.717) is 26.1 Å². The lowest BCUT2D eigenvalue weighted by molar-refractivity contribution is -0.138. The van der Waals surface area contributed by atoms with Gasteiger partial charge in [-0.1, -0.05) is 44.2 Å². The number of carbonyl (C=O) groups is 1. The van der Waals surface area contributed by atoms with Gasteiger partial charge in [-0.05, 0) is 36.5 Å². The molecule has 30 heavy (non-hydrogen) atoms. The molecule has 2 aliphatic carbocycles. The van der Waals surface area contributed by atoms with Crippen LogP contribution in [0.5, 0.6) is 0 Å². The van der Waals surface area contributed by atoms with Gasteiger partial charge in [-0.3, -0.25) is 4.79 Å². The average molecular weight is 407 g/mol. The van der Waals surface area contributed by atoms with Crippen LogP contribution in [-0.2, 0) is 27.7 Å². The fourth-order valence-corrected chi connectivity index (χ4v) is 7.26. The van der Waals surface area contributed by atoms with Gasteiger partial charge >= 0.3 is 11.4 Å². The fraction of sp³-hybridized carbons (Fsp3) is 0.522. The number of benzene rings is 1. The van der Waals surface area contributed by atoms with E-state index in [1.807, 2.05) is 51.1 Å². The van der Waals surface area contributed by atoms with E-state index in [9.17, 15) is 14.4 Å². The number of carbonyl (C=O) groups excluding carboxylic acids is 1. The predicted octanol–water partition coefficient (Wildman–Crippen LogP) is 1.54. The zero-order valence-corrected chi connectivity index (χ0v) is 17.7. The van der Waals surface area contributed by atoms with E-state index in [0.717, 1.165) is 16.7 Å². The Balaban J connectivity index is 1.87. The zero-order chi connectivity index (χ0) is 21.3. The molecular formula is C23H25N3O4. The van der Waals surface area contributed by atoms with Crippen LogP contribution in [0.2, 0.25) is 0 Å². The molecule has 1 saturated carbocycles. The Labute approximate surface area is 173 Å². The molecule has 4 heterocycles. The minimum absolute atomic E-state index is 0.156. The first-order valence-corrected chi connectivity index (χ1v) is 10.5. The van der Waals surface area contributed by atoms with E-state index in [2.05, 4.69) is 0 Å². The van der Waals surface area contributed by atoms with Crippen molar-refractivity contribution in [1.82, 2.24) is 13.9 Å². The molecule has 0 radical (unpaired) electrons. The number of hydrogen-bond acceptors (Lipinski definition) is 4. The van der Waals surface area contributed by atoms with Crippen molar-refractivity contribution in [2.24, 2.45) is 17.9 Å². The third kappa shape index (κ3) is 1.55. The van der Waals surface area contributed by atoms with Crippen molar-refractivity contribution in [3.63, 3.8) is 0 Å². The van der Waals surface area contributed by atoms with Crippen molar-refractivity contribution in [3.8, 4) is 0 Å². The third-order valence-electron chi connectivity index (χ3n) is 8.30. The van der Waals surface area contributed by atoms with E-state index in [1.54, 1.807) is 9.36 Å². The van der Waals surface area contributed by atoms with Crippen LogP contribution in [0.1, 0.15) is 39.2 Å². The Kier molecular flexibility index (Phi) is 3.00. The standard InChI is InChI=1S/C23H25N3O4/c1-20(2)12-23-16-11-30-10-15(16)22(13-21(23,3)17(20)27,14-8-6-5-7-9-14)25-18(28)24(4)19(29)26(23)25/h5-9H,10-13H2,1-4H3/t21-,22+,23-/m0/s1. The molecular weight excluding hydrogens is 382 g/mol. The van der Waals surface area contributed by atoms with Gasteiger partial charge in [0.1, 0.15) is 16.9 Å². The molecule has 0 amide bonds. The lowest BCUT2D eigenvalue weighted by Crippen LogP contribution is -2.69. The molecule has 1 aromatic carbocycles. The zero-order valence-electron chi connectivity index (χ0n) is 17.7. The summed E-state index contributed by atoms with van der Waals surface area (Å²) in [6.07, 6.45) is 0.948. The SMILES string of the molecule is Cn1c(=O)n2n(c1=O)[C@]13CC(C)(C)C(=O)[C@]1(C)C[C@@]2(c1ccccc1)C1=C3COC1. The number of Topliss-reactive ketones (excluding diaryl/α,β-unsaturated/α-hetero) is 1. The Morgan fingerprint density at radius 3 is 2.20 bits per heavy atom. The van der Waals surface area contributed by atoms with Gasteiger partial charge in [0.05, 0.1) is 18.6 Å². The fourth-order valence-electron chi connectivity index (χ4n) is 7.26. The maximum atomic E-state index is 13.9. The van der Waals surface area contributed by atoms with Crippen LogP contribution >= 0.6 is 0 Å². The van der Waals surface area contributed by atoms with Crippen molar-refractivity contribution >= 4 is 5.78 Å². The van der Waals surface area contributed by atoms with Crippen LogP contribution in [-0.4, -0.2) is 32.9 Å². The number of hydrogen-bond donors (Lipinski definition) is 0. The van der Waals surface area contributed by atoms with E-state index in [4.69, 9.17) is 4.74 Å². The predicted molar refractivity (Wildman–Crippen MR) is 109 cm³/mol. The van der Waals surface area contributed by atoms with E-state index in [1.165, 1.54) is 11.6 Å². The number of ketones is 1. The second kappa shape index (κ2) is 4.97. The molecule has 7 rings (SSSR count). The molecule has 2 aromatic rings. The first kappa shape index (κ1) is 18.1. The highest BCUT2D eigenvalue weighted by Gasteiger charge is 2.77. The maximum absolute atomic E-state index is 13.9. The van der Waals surface area contributed by atoms with Gasteiger partial charge in [0, 0.05) is 12.5 Å². The summed E-state index contributed by atoms with van der Waals surface area (Å²) in [5.41, 5.74) is -0.923. The Morgan fingerprint density at radius 2 is 1.50 bits per heavy atom. The van der Waals surface area contributed by atoms with Gasteiger partial charge < -0.3 is 4.74 Å². The van der Waals surface area contributed by atoms with Gasteiger partial charge in [0.2, 0.25) is 0 Å². The highest BCUT2D eigenvalue weighted by atomic mass is 16.5. The normalized spacial score (nSPS) is 35.5. The van der Waals surface area contributed by atoms with Crippen molar-refractivity contribution < 1.29 is 9.53 Å². The van der Waals surface area contributed by atoms with Crippen molar-refractivity contribution in [3.05, 3.63) is 68.0 Å². The van der Waals surface area contributed by atoms with E-state index < -0.39 is 21.9 Å². The summed E-state index contributed by atoms with van der Waals surface area (Å²) in [6, 6.07) is 9.79. The molecule has 1 aromatic heterocycles. The molecule has 1 fully saturated rings. The minimum atomic E-state index is -0.906. The highest BCUT2D eigenvalue weighted by molar-refractivity contribution is 5.95. The quantitative estimate of drug-likeness (QED) is 0.672. The Bertz CT molecular complexity index is 1290. The van der Waals surface area contributed by atoms with Gasteiger partial charge in [0.15, 0.2) is 0 Å². The van der Waals surface area contributed by atoms with Crippen LogP contribution in [0.3, 0.4) is 0 Å². The summed E-state index contributed by atoms with van der Waals surface area (Å²) in [7, 11) is 1.53. The number of ether oxygens (including phenoxy) is 1. The molecule has 1 spiro atoms. The summed E-state index contributed by atoms with van der Waals surface area (Å²) in [4.78, 5) is 40.9. The Hall–Kier alpha value is -2.67. The first-order valence-electron chi connectivity index (χ1n) is 10.5. The number of rotatable bonds is 1. The second-order valence-electron chi connectivity index (χ2n) is 10.2. The second-order valence-corrected chi connectivity index (χ2v) is 10.2. The summed E-state index contributed by atoms with van der Waals surface area (Å²) >= 11 is 0. The van der Waals surface area contributed by atoms with Gasteiger partial charge in [-0.25, -0.2) is 23.5 Å². The first-order chi connectivity index (χ1) is 14.1. The van der Waals surface area contributed by atoms with Crippen LogP contribution < -0.4 is 11.4 Å². The van der Waals surface area contributed by atoms with Crippen LogP contribution in [0, 0.1) is 10.8 Å². The Morgan fingerprint density at radius 1 is 0.867 bits per heavy atom. The molecule has 7 nitrogen and oxygen atoms in total. The minimum Gasteiger partial charge on any atom is -0.373 e. The maximum Gasteiger partial charge on any atom is 0.348 e. The molecule has 2 bridgehead atoms. The summed E-state index contributed by atoms with van der Waals surface area (Å²) in [6.45, 7) is 6.72. The van der Waals surface area contributed by atoms with Gasteiger partial charge in [-0.2, -0.15) is 0 Å². The smallest absolute Gasteiger partial charge is 0.348 e. The molecule has 3 atom stereocenters. The van der Waals surface area contributed by atoms with Gasteiger partial charge in [-0.15, -0.1) is 0 Å². The molecule has 3 aliphatic heterocycles. The van der Waals surface area contributed by atoms with Crippen molar-refractivity contribution in [2.45, 2.75) is 44.7 Å². The van der Waals surface area contributed by atoms with E-state index in [-0.39, 0.29) is 17.2 Å². The van der Waals surface area contributed by atoms with Gasteiger partial charge in [0.25, 0.3) is 0 Å². The van der Waals surface area contributed by atoms with Crippen LogP contribution in [0.4, 0.5) is 0 Å². The summed E-state index contributed by atoms with van der Waals surface area (Å²) < 4.78 is 10.4. The molecule has 0 N–H and O–H groups in total. The molecule has 0 saturated heterocycles. The monoisotopic (exact) mass is 407 g/mol. The van der Waals surface area contributed by atoms with Crippen molar-refractivity contribution in [1.29, 1.82) is 0 Å². The van der Waals surface area contributed by atoms with Crippen molar-refractivity contribution in [2.75, 3.05) is 13.2 Å². The molecule has 0 unspecified atom stereocenters.